The van der Waals surface area contributed by atoms with Crippen LogP contribution < -0.4 is 16.4 Å². The number of thioether (sulfide) groups is 1. The lowest BCUT2D eigenvalue weighted by atomic mass is 10.1. The third kappa shape index (κ3) is 22.8. The molecule has 8 N–H and O–H groups in total. The van der Waals surface area contributed by atoms with E-state index in [-0.39, 0.29) is 37.9 Å². The predicted molar refractivity (Wildman–Crippen MR) is 166 cm³/mol. The summed E-state index contributed by atoms with van der Waals surface area (Å²) in [7, 11) is 0. The molecule has 0 spiro atoms. The average molecular weight is 626 g/mol. The van der Waals surface area contributed by atoms with Crippen molar-refractivity contribution >= 4 is 41.5 Å². The van der Waals surface area contributed by atoms with E-state index in [9.17, 15) is 29.1 Å². The van der Waals surface area contributed by atoms with Gasteiger partial charge in [-0.2, -0.15) is 0 Å². The van der Waals surface area contributed by atoms with Crippen LogP contribution in [0, 0.1) is 0 Å². The monoisotopic (exact) mass is 625 g/mol. The van der Waals surface area contributed by atoms with E-state index in [2.05, 4.69) is 29.7 Å². The number of unbranched alkanes of at least 4 members (excludes halogenated alkanes) is 3. The molecule has 4 atom stereocenters. The smallest absolute Gasteiger partial charge is 0.322 e. The first kappa shape index (κ1) is 39.6. The van der Waals surface area contributed by atoms with Crippen molar-refractivity contribution in [1.29, 1.82) is 0 Å². The van der Waals surface area contributed by atoms with Crippen molar-refractivity contribution in [2.75, 3.05) is 12.3 Å². The quantitative estimate of drug-likeness (QED) is 0.0444. The number of carboxylic acids is 3. The summed E-state index contributed by atoms with van der Waals surface area (Å²) in [6.45, 7) is 1.49. The van der Waals surface area contributed by atoms with E-state index in [1.807, 2.05) is 18.2 Å². The molecule has 0 aliphatic heterocycles. The fourth-order valence-electron chi connectivity index (χ4n) is 3.54. The Morgan fingerprint density at radius 1 is 0.860 bits per heavy atom. The summed E-state index contributed by atoms with van der Waals surface area (Å²) in [4.78, 5) is 57.8. The van der Waals surface area contributed by atoms with E-state index in [1.54, 1.807) is 18.2 Å². The molecule has 4 unspecified atom stereocenters. The first-order chi connectivity index (χ1) is 20.5. The third-order valence-corrected chi connectivity index (χ3v) is 7.36. The summed E-state index contributed by atoms with van der Waals surface area (Å²) in [5, 5.41) is 41.6. The van der Waals surface area contributed by atoms with Gasteiger partial charge in [0, 0.05) is 23.8 Å². The lowest BCUT2D eigenvalue weighted by Gasteiger charge is -2.23. The Bertz CT molecular complexity index is 982. The number of amides is 2. The first-order valence-corrected chi connectivity index (χ1v) is 15.5. The number of carbonyl (C=O) groups is 5. The lowest BCUT2D eigenvalue weighted by molar-refractivity contribution is -0.139. The Labute approximate surface area is 257 Å². The fraction of sp³-hybridized carbons (Fsp3) is 0.567. The Balaban J connectivity index is 5.38. The second kappa shape index (κ2) is 25.1. The van der Waals surface area contributed by atoms with Crippen LogP contribution in [-0.4, -0.2) is 85.9 Å². The Morgan fingerprint density at radius 3 is 2.23 bits per heavy atom. The number of hydrogen-bond acceptors (Lipinski definition) is 8. The highest BCUT2D eigenvalue weighted by Gasteiger charge is 2.25. The van der Waals surface area contributed by atoms with Crippen molar-refractivity contribution in [2.45, 2.75) is 94.6 Å². The van der Waals surface area contributed by atoms with Crippen molar-refractivity contribution in [3.63, 3.8) is 0 Å². The van der Waals surface area contributed by atoms with Gasteiger partial charge in [-0.05, 0) is 38.5 Å². The highest BCUT2D eigenvalue weighted by atomic mass is 32.2. The van der Waals surface area contributed by atoms with Crippen molar-refractivity contribution in [3.8, 4) is 0 Å². The maximum absolute atomic E-state index is 12.6. The number of carbonyl (C=O) groups excluding carboxylic acids is 2. The molecule has 0 aromatic rings. The number of nitrogens with two attached hydrogens (primary N) is 1. The fourth-order valence-corrected chi connectivity index (χ4v) is 4.75. The summed E-state index contributed by atoms with van der Waals surface area (Å²) >= 11 is 1.13. The first-order valence-electron chi connectivity index (χ1n) is 14.4. The number of allylic oxidation sites excluding steroid dienone is 7. The molecule has 0 fully saturated rings. The van der Waals surface area contributed by atoms with Crippen molar-refractivity contribution in [1.82, 2.24) is 10.6 Å². The molecule has 0 heterocycles. The van der Waals surface area contributed by atoms with E-state index in [1.165, 1.54) is 19.3 Å². The zero-order chi connectivity index (χ0) is 32.5. The molecular formula is C30H47N3O9S. The van der Waals surface area contributed by atoms with E-state index in [0.717, 1.165) is 24.6 Å². The zero-order valence-electron chi connectivity index (χ0n) is 24.7. The third-order valence-electron chi connectivity index (χ3n) is 5.97. The number of rotatable bonds is 25. The van der Waals surface area contributed by atoms with Gasteiger partial charge in [0.1, 0.15) is 18.6 Å². The highest BCUT2D eigenvalue weighted by Crippen LogP contribution is 2.22. The highest BCUT2D eigenvalue weighted by molar-refractivity contribution is 8.00. The van der Waals surface area contributed by atoms with Gasteiger partial charge in [-0.3, -0.25) is 24.0 Å². The molecule has 242 valence electrons. The number of aliphatic carboxylic acids is 3. The predicted octanol–water partition coefficient (Wildman–Crippen LogP) is 2.78. The van der Waals surface area contributed by atoms with Gasteiger partial charge in [-0.1, -0.05) is 68.4 Å². The average Bonchev–Trinajstić information content (AvgIpc) is 2.95. The van der Waals surface area contributed by atoms with Gasteiger partial charge in [-0.15, -0.1) is 11.8 Å². The maximum Gasteiger partial charge on any atom is 0.322 e. The van der Waals surface area contributed by atoms with Crippen LogP contribution >= 0.6 is 11.8 Å². The van der Waals surface area contributed by atoms with E-state index < -0.39 is 59.7 Å². The SMILES string of the molecule is CCCCCC=CCC=C/C=C/C=C/C(SCC(NC(=O)CCC(N)C(=O)O)C(=O)NCC(=O)O)C(O)CCCC(=O)O. The minimum atomic E-state index is -1.28. The van der Waals surface area contributed by atoms with Crippen LogP contribution in [0.4, 0.5) is 0 Å². The minimum Gasteiger partial charge on any atom is -0.481 e. The van der Waals surface area contributed by atoms with Crippen molar-refractivity contribution < 1.29 is 44.4 Å². The van der Waals surface area contributed by atoms with Crippen LogP contribution in [0.25, 0.3) is 0 Å². The van der Waals surface area contributed by atoms with Gasteiger partial charge in [0.05, 0.1) is 6.10 Å². The van der Waals surface area contributed by atoms with E-state index in [0.29, 0.717) is 0 Å². The van der Waals surface area contributed by atoms with Crippen molar-refractivity contribution in [2.24, 2.45) is 5.73 Å². The zero-order valence-corrected chi connectivity index (χ0v) is 25.5. The van der Waals surface area contributed by atoms with Crippen LogP contribution in [0.1, 0.15) is 71.1 Å². The molecule has 0 aromatic carbocycles. The Kier molecular flexibility index (Phi) is 23.1. The molecule has 0 rings (SSSR count). The molecule has 43 heavy (non-hydrogen) atoms. The molecule has 0 aliphatic rings. The van der Waals surface area contributed by atoms with Crippen LogP contribution in [-0.2, 0) is 24.0 Å². The standard InChI is InChI=1S/C30H47N3O9S/c1-2-3-4-5-6-7-8-9-10-11-12-13-16-25(24(34)15-14-17-27(36)37)43-21-23(29(40)32-20-28(38)39)33-26(35)19-18-22(31)30(41)42/h6-7,9-13,16,22-25,34H,2-5,8,14-15,17-21,31H2,1H3,(H,32,40)(H,33,35)(H,36,37)(H,38,39)(H,41,42)/b7-6?,10-9?,12-11+,16-13+. The normalized spacial score (nSPS) is 14.7. The molecule has 0 radical (unpaired) electrons. The van der Waals surface area contributed by atoms with Gasteiger partial charge in [0.2, 0.25) is 11.8 Å². The molecule has 0 aromatic heterocycles. The summed E-state index contributed by atoms with van der Waals surface area (Å²) in [5.41, 5.74) is 5.43. The summed E-state index contributed by atoms with van der Waals surface area (Å²) in [6, 6.07) is -2.45. The molecule has 12 nitrogen and oxygen atoms in total. The summed E-state index contributed by atoms with van der Waals surface area (Å²) < 4.78 is 0. The molecule has 0 bridgehead atoms. The van der Waals surface area contributed by atoms with E-state index >= 15 is 0 Å². The topological polar surface area (TPSA) is 216 Å². The lowest BCUT2D eigenvalue weighted by Crippen LogP contribution is -2.50. The number of hydrogen-bond donors (Lipinski definition) is 7. The molecule has 0 aliphatic carbocycles. The van der Waals surface area contributed by atoms with Gasteiger partial charge in [0.25, 0.3) is 0 Å². The van der Waals surface area contributed by atoms with Crippen LogP contribution in [0.3, 0.4) is 0 Å². The maximum atomic E-state index is 12.6. The molecule has 13 heteroatoms. The molecule has 2 amide bonds. The second-order valence-corrected chi connectivity index (χ2v) is 11.0. The molecular weight excluding hydrogens is 578 g/mol. The van der Waals surface area contributed by atoms with Crippen LogP contribution in [0.2, 0.25) is 0 Å². The van der Waals surface area contributed by atoms with Gasteiger partial charge in [0.15, 0.2) is 0 Å². The largest absolute Gasteiger partial charge is 0.481 e. The van der Waals surface area contributed by atoms with E-state index in [4.69, 9.17) is 21.1 Å². The number of carboxylic acid groups (broad SMARTS) is 3. The number of aliphatic hydroxyl groups excluding tert-OH is 1. The summed E-state index contributed by atoms with van der Waals surface area (Å²) in [6.07, 6.45) is 19.5. The van der Waals surface area contributed by atoms with Gasteiger partial charge in [-0.25, -0.2) is 0 Å². The van der Waals surface area contributed by atoms with Crippen LogP contribution in [0.5, 0.6) is 0 Å². The van der Waals surface area contributed by atoms with Gasteiger partial charge >= 0.3 is 17.9 Å². The number of nitrogens with one attached hydrogen (secondary N) is 2. The molecule has 0 saturated heterocycles. The molecule has 0 saturated carbocycles. The minimum absolute atomic E-state index is 0.0542. The Morgan fingerprint density at radius 2 is 1.58 bits per heavy atom. The van der Waals surface area contributed by atoms with Crippen LogP contribution in [0.15, 0.2) is 48.6 Å². The second-order valence-electron chi connectivity index (χ2n) is 9.77. The summed E-state index contributed by atoms with van der Waals surface area (Å²) in [5.74, 6) is -5.01. The van der Waals surface area contributed by atoms with Crippen molar-refractivity contribution in [3.05, 3.63) is 48.6 Å². The number of aliphatic hydroxyl groups is 1. The van der Waals surface area contributed by atoms with Gasteiger partial charge < -0.3 is 36.8 Å². The Hall–Kier alpha value is -3.42.